The van der Waals surface area contributed by atoms with Crippen LogP contribution in [0.4, 0.5) is 11.4 Å². The molecule has 0 spiro atoms. The number of anilines is 2. The van der Waals surface area contributed by atoms with Crippen LogP contribution in [0.25, 0.3) is 10.2 Å². The lowest BCUT2D eigenvalue weighted by Crippen LogP contribution is -2.14. The van der Waals surface area contributed by atoms with E-state index in [1.807, 2.05) is 12.1 Å². The molecule has 1 heterocycles. The van der Waals surface area contributed by atoms with Crippen molar-refractivity contribution in [3.05, 3.63) is 70.2 Å². The first kappa shape index (κ1) is 25.1. The van der Waals surface area contributed by atoms with E-state index < -0.39 is 0 Å². The number of halogens is 2. The average Bonchev–Trinajstić information content (AvgIpc) is 3.26. The van der Waals surface area contributed by atoms with Crippen molar-refractivity contribution in [1.82, 2.24) is 4.98 Å². The molecule has 7 nitrogen and oxygen atoms in total. The van der Waals surface area contributed by atoms with E-state index >= 15 is 0 Å². The number of carbonyl (C=O) groups is 2. The summed E-state index contributed by atoms with van der Waals surface area (Å²) in [5.41, 5.74) is 2.35. The molecule has 0 unspecified atom stereocenters. The van der Waals surface area contributed by atoms with Crippen LogP contribution in [0, 0.1) is 0 Å². The number of aromatic nitrogens is 1. The van der Waals surface area contributed by atoms with Gasteiger partial charge in [-0.15, -0.1) is 11.3 Å². The van der Waals surface area contributed by atoms with Gasteiger partial charge in [0.05, 0.1) is 40.9 Å². The molecule has 0 radical (unpaired) electrons. The fraction of sp³-hybridized carbons (Fsp3) is 0.125. The molecule has 0 bridgehead atoms. The van der Waals surface area contributed by atoms with E-state index in [4.69, 9.17) is 32.7 Å². The summed E-state index contributed by atoms with van der Waals surface area (Å²) in [6.45, 7) is 0. The molecule has 0 fully saturated rings. The van der Waals surface area contributed by atoms with E-state index in [-0.39, 0.29) is 17.6 Å². The third-order valence-corrected chi connectivity index (χ3v) is 7.51. The Morgan fingerprint density at radius 1 is 0.971 bits per heavy atom. The number of fused-ring (bicyclic) bond motifs is 1. The molecule has 4 rings (SSSR count). The van der Waals surface area contributed by atoms with Gasteiger partial charge in [-0.05, 0) is 54.6 Å². The van der Waals surface area contributed by atoms with E-state index in [2.05, 4.69) is 15.6 Å². The molecule has 0 atom stereocenters. The summed E-state index contributed by atoms with van der Waals surface area (Å²) < 4.78 is 12.1. The number of rotatable bonds is 8. The first-order valence-corrected chi connectivity index (χ1v) is 12.7. The van der Waals surface area contributed by atoms with E-state index in [0.717, 1.165) is 14.6 Å². The van der Waals surface area contributed by atoms with Gasteiger partial charge in [-0.2, -0.15) is 0 Å². The molecule has 35 heavy (non-hydrogen) atoms. The molecule has 0 aliphatic rings. The number of benzene rings is 3. The van der Waals surface area contributed by atoms with Gasteiger partial charge in [-0.3, -0.25) is 9.59 Å². The van der Waals surface area contributed by atoms with E-state index in [1.165, 1.54) is 37.3 Å². The molecule has 0 aliphatic carbocycles. The first-order chi connectivity index (χ1) is 16.9. The van der Waals surface area contributed by atoms with Gasteiger partial charge in [0, 0.05) is 16.3 Å². The van der Waals surface area contributed by atoms with Crippen LogP contribution in [0.15, 0.2) is 58.9 Å². The van der Waals surface area contributed by atoms with Crippen molar-refractivity contribution in [2.75, 3.05) is 30.6 Å². The number of nitrogens with one attached hydrogen (secondary N) is 2. The number of thioether (sulfide) groups is 1. The van der Waals surface area contributed by atoms with Gasteiger partial charge >= 0.3 is 0 Å². The standard InChI is InChI=1S/C24H19Cl2N3O4S2/c1-32-19-8-3-13(9-20(19)33-2)23(31)27-15-5-7-18-21(11-15)35-24(29-18)34-12-22(30)28-17-6-4-14(25)10-16(17)26/h3-11H,12H2,1-2H3,(H,27,31)(H,28,30). The zero-order valence-electron chi connectivity index (χ0n) is 18.6. The SMILES string of the molecule is COc1ccc(C(=O)Nc2ccc3nc(SCC(=O)Nc4ccc(Cl)cc4Cl)sc3c2)cc1OC. The van der Waals surface area contributed by atoms with E-state index in [0.29, 0.717) is 38.5 Å². The van der Waals surface area contributed by atoms with Crippen LogP contribution in [0.3, 0.4) is 0 Å². The molecule has 2 amide bonds. The summed E-state index contributed by atoms with van der Waals surface area (Å²) in [4.78, 5) is 29.6. The molecule has 0 aliphatic heterocycles. The largest absolute Gasteiger partial charge is 0.493 e. The molecule has 3 aromatic carbocycles. The highest BCUT2D eigenvalue weighted by molar-refractivity contribution is 8.01. The molecule has 4 aromatic rings. The zero-order valence-corrected chi connectivity index (χ0v) is 21.7. The Kier molecular flexibility index (Phi) is 8.02. The van der Waals surface area contributed by atoms with Gasteiger partial charge in [0.15, 0.2) is 15.8 Å². The zero-order chi connectivity index (χ0) is 24.9. The molecule has 0 saturated heterocycles. The maximum atomic E-state index is 12.7. The second kappa shape index (κ2) is 11.2. The monoisotopic (exact) mass is 547 g/mol. The number of hydrogen-bond acceptors (Lipinski definition) is 7. The van der Waals surface area contributed by atoms with Crippen LogP contribution in [0.2, 0.25) is 10.0 Å². The fourth-order valence-electron chi connectivity index (χ4n) is 3.13. The summed E-state index contributed by atoms with van der Waals surface area (Å²) in [6, 6.07) is 15.3. The highest BCUT2D eigenvalue weighted by atomic mass is 35.5. The predicted molar refractivity (Wildman–Crippen MR) is 143 cm³/mol. The lowest BCUT2D eigenvalue weighted by molar-refractivity contribution is -0.113. The normalized spacial score (nSPS) is 10.7. The number of ether oxygens (including phenoxy) is 2. The summed E-state index contributed by atoms with van der Waals surface area (Å²) in [7, 11) is 3.05. The van der Waals surface area contributed by atoms with Crippen molar-refractivity contribution in [1.29, 1.82) is 0 Å². The number of thiazole rings is 1. The number of amides is 2. The van der Waals surface area contributed by atoms with Crippen molar-refractivity contribution in [3.63, 3.8) is 0 Å². The Labute approximate surface area is 219 Å². The molecule has 0 saturated carbocycles. The Hall–Kier alpha value is -2.98. The third kappa shape index (κ3) is 6.18. The third-order valence-electron chi connectivity index (χ3n) is 4.80. The Bertz CT molecular complexity index is 1410. The van der Waals surface area contributed by atoms with Crippen molar-refractivity contribution in [2.45, 2.75) is 4.34 Å². The first-order valence-electron chi connectivity index (χ1n) is 10.2. The van der Waals surface area contributed by atoms with Crippen molar-refractivity contribution < 1.29 is 19.1 Å². The van der Waals surface area contributed by atoms with Gasteiger partial charge < -0.3 is 20.1 Å². The molecule has 1 aromatic heterocycles. The Morgan fingerprint density at radius 2 is 1.77 bits per heavy atom. The minimum absolute atomic E-state index is 0.168. The van der Waals surface area contributed by atoms with Crippen LogP contribution >= 0.6 is 46.3 Å². The van der Waals surface area contributed by atoms with Crippen molar-refractivity contribution in [3.8, 4) is 11.5 Å². The van der Waals surface area contributed by atoms with Crippen LogP contribution in [-0.2, 0) is 4.79 Å². The number of hydrogen-bond donors (Lipinski definition) is 2. The van der Waals surface area contributed by atoms with Gasteiger partial charge in [-0.25, -0.2) is 4.98 Å². The summed E-state index contributed by atoms with van der Waals surface area (Å²) in [6.07, 6.45) is 0. The second-order valence-electron chi connectivity index (χ2n) is 7.15. The van der Waals surface area contributed by atoms with Crippen LogP contribution in [-0.4, -0.2) is 36.8 Å². The van der Waals surface area contributed by atoms with Gasteiger partial charge in [0.1, 0.15) is 0 Å². The topological polar surface area (TPSA) is 89.5 Å². The Morgan fingerprint density at radius 3 is 2.51 bits per heavy atom. The fourth-order valence-corrected chi connectivity index (χ4v) is 5.49. The van der Waals surface area contributed by atoms with Gasteiger partial charge in [0.2, 0.25) is 5.91 Å². The smallest absolute Gasteiger partial charge is 0.255 e. The van der Waals surface area contributed by atoms with Gasteiger partial charge in [0.25, 0.3) is 5.91 Å². The minimum atomic E-state index is -0.276. The summed E-state index contributed by atoms with van der Waals surface area (Å²) >= 11 is 14.7. The Balaban J connectivity index is 1.40. The predicted octanol–water partition coefficient (Wildman–Crippen LogP) is 6.60. The average molecular weight is 548 g/mol. The molecular weight excluding hydrogens is 529 g/mol. The minimum Gasteiger partial charge on any atom is -0.493 e. The quantitative estimate of drug-likeness (QED) is 0.241. The highest BCUT2D eigenvalue weighted by Gasteiger charge is 2.13. The van der Waals surface area contributed by atoms with Gasteiger partial charge in [-0.1, -0.05) is 35.0 Å². The van der Waals surface area contributed by atoms with Crippen LogP contribution in [0.5, 0.6) is 11.5 Å². The number of nitrogens with zero attached hydrogens (tertiary/aromatic N) is 1. The lowest BCUT2D eigenvalue weighted by atomic mass is 10.2. The second-order valence-corrected chi connectivity index (χ2v) is 10.2. The van der Waals surface area contributed by atoms with Crippen LogP contribution in [0.1, 0.15) is 10.4 Å². The van der Waals surface area contributed by atoms with Crippen molar-refractivity contribution in [2.24, 2.45) is 0 Å². The number of carbonyl (C=O) groups excluding carboxylic acids is 2. The highest BCUT2D eigenvalue weighted by Crippen LogP contribution is 2.32. The van der Waals surface area contributed by atoms with Crippen LogP contribution < -0.4 is 20.1 Å². The summed E-state index contributed by atoms with van der Waals surface area (Å²) in [5, 5.41) is 6.52. The molecule has 2 N–H and O–H groups in total. The van der Waals surface area contributed by atoms with E-state index in [9.17, 15) is 9.59 Å². The number of methoxy groups -OCH3 is 2. The lowest BCUT2D eigenvalue weighted by Gasteiger charge is -2.10. The molecule has 11 heteroatoms. The molecular formula is C24H19Cl2N3O4S2. The maximum Gasteiger partial charge on any atom is 0.255 e. The van der Waals surface area contributed by atoms with Crippen molar-refractivity contribution >= 4 is 79.7 Å². The van der Waals surface area contributed by atoms with E-state index in [1.54, 1.807) is 42.5 Å². The summed E-state index contributed by atoms with van der Waals surface area (Å²) in [5.74, 6) is 0.706. The molecule has 180 valence electrons. The maximum absolute atomic E-state index is 12.7.